The lowest BCUT2D eigenvalue weighted by Gasteiger charge is -2.15. The van der Waals surface area contributed by atoms with Crippen LogP contribution >= 0.6 is 34.9 Å². The van der Waals surface area contributed by atoms with Crippen molar-refractivity contribution in [1.29, 1.82) is 0 Å². The van der Waals surface area contributed by atoms with E-state index < -0.39 is 10.0 Å². The second-order valence-electron chi connectivity index (χ2n) is 4.10. The first kappa shape index (κ1) is 15.5. The molecule has 0 aromatic carbocycles. The maximum absolute atomic E-state index is 12.4. The average molecular weight is 348 g/mol. The molecule has 20 heavy (non-hydrogen) atoms. The zero-order valence-electron chi connectivity index (χ0n) is 10.9. The molecule has 0 atom stereocenters. The summed E-state index contributed by atoms with van der Waals surface area (Å²) in [5, 5.41) is 0. The van der Waals surface area contributed by atoms with Gasteiger partial charge in [-0.25, -0.2) is 13.4 Å². The second-order valence-corrected chi connectivity index (χ2v) is 8.84. The van der Waals surface area contributed by atoms with Gasteiger partial charge in [-0.15, -0.1) is 22.7 Å². The smallest absolute Gasteiger partial charge is 0.252 e. The molecule has 0 amide bonds. The summed E-state index contributed by atoms with van der Waals surface area (Å²) >= 11 is 7.38. The minimum Gasteiger partial charge on any atom is -0.389 e. The van der Waals surface area contributed by atoms with E-state index in [1.165, 1.54) is 21.7 Å². The Labute approximate surface area is 131 Å². The number of rotatable bonds is 5. The molecule has 0 aliphatic rings. The zero-order valence-corrected chi connectivity index (χ0v) is 14.1. The molecule has 0 unspecified atom stereocenters. The summed E-state index contributed by atoms with van der Waals surface area (Å²) in [7, 11) is -1.98. The van der Waals surface area contributed by atoms with Crippen LogP contribution in [0.2, 0.25) is 0 Å². The van der Waals surface area contributed by atoms with Crippen LogP contribution in [0.1, 0.15) is 15.4 Å². The Morgan fingerprint density at radius 3 is 2.70 bits per heavy atom. The summed E-state index contributed by atoms with van der Waals surface area (Å²) in [6, 6.07) is 3.16. The van der Waals surface area contributed by atoms with Gasteiger partial charge in [-0.05, 0) is 19.1 Å². The van der Waals surface area contributed by atoms with Gasteiger partial charge in [0.2, 0.25) is 0 Å². The maximum Gasteiger partial charge on any atom is 0.252 e. The monoisotopic (exact) mass is 347 g/mol. The standard InChI is InChI=1S/C11H13N3O2S4/c1-7-9(18-6-13-7)5-14(2)20(15,16)10-4-3-8(19-10)11(12)17/h3-4,6H,5H2,1-2H3,(H2,12,17). The highest BCUT2D eigenvalue weighted by Crippen LogP contribution is 2.26. The van der Waals surface area contributed by atoms with Gasteiger partial charge >= 0.3 is 0 Å². The van der Waals surface area contributed by atoms with Crippen LogP contribution in [0.5, 0.6) is 0 Å². The van der Waals surface area contributed by atoms with Crippen molar-refractivity contribution < 1.29 is 8.42 Å². The van der Waals surface area contributed by atoms with Crippen LogP contribution in [-0.2, 0) is 16.6 Å². The molecule has 0 radical (unpaired) electrons. The van der Waals surface area contributed by atoms with E-state index in [9.17, 15) is 8.42 Å². The van der Waals surface area contributed by atoms with Crippen LogP contribution in [0.4, 0.5) is 0 Å². The number of nitrogens with zero attached hydrogens (tertiary/aromatic N) is 2. The zero-order chi connectivity index (χ0) is 14.9. The summed E-state index contributed by atoms with van der Waals surface area (Å²) in [5.41, 5.74) is 8.07. The van der Waals surface area contributed by atoms with Crippen molar-refractivity contribution in [3.8, 4) is 0 Å². The van der Waals surface area contributed by atoms with Crippen LogP contribution in [0.25, 0.3) is 0 Å². The van der Waals surface area contributed by atoms with Crippen molar-refractivity contribution in [2.24, 2.45) is 5.73 Å². The third-order valence-corrected chi connectivity index (χ3v) is 7.36. The lowest BCUT2D eigenvalue weighted by atomic mass is 10.4. The van der Waals surface area contributed by atoms with Crippen LogP contribution in [0, 0.1) is 6.92 Å². The first-order valence-corrected chi connectivity index (χ1v) is 9.11. The molecule has 0 aliphatic carbocycles. The predicted molar refractivity (Wildman–Crippen MR) is 85.7 cm³/mol. The number of sulfonamides is 1. The summed E-state index contributed by atoms with van der Waals surface area (Å²) in [4.78, 5) is 5.85. The molecule has 108 valence electrons. The topological polar surface area (TPSA) is 76.3 Å². The van der Waals surface area contributed by atoms with Crippen LogP contribution in [0.15, 0.2) is 21.9 Å². The minimum absolute atomic E-state index is 0.206. The largest absolute Gasteiger partial charge is 0.389 e. The summed E-state index contributed by atoms with van der Waals surface area (Å²) in [6.45, 7) is 2.17. The highest BCUT2D eigenvalue weighted by atomic mass is 32.2. The number of thiophene rings is 1. The maximum atomic E-state index is 12.4. The molecule has 2 aromatic rings. The number of thiazole rings is 1. The molecule has 2 rings (SSSR count). The Kier molecular flexibility index (Phi) is 4.55. The fraction of sp³-hybridized carbons (Fsp3) is 0.273. The fourth-order valence-electron chi connectivity index (χ4n) is 1.51. The molecular formula is C11H13N3O2S4. The van der Waals surface area contributed by atoms with E-state index in [1.807, 2.05) is 6.92 Å². The van der Waals surface area contributed by atoms with Gasteiger partial charge in [0.25, 0.3) is 10.0 Å². The predicted octanol–water partition coefficient (Wildman–Crippen LogP) is 1.97. The van der Waals surface area contributed by atoms with Crippen molar-refractivity contribution in [2.75, 3.05) is 7.05 Å². The van der Waals surface area contributed by atoms with Gasteiger partial charge in [0.05, 0.1) is 16.1 Å². The molecule has 0 bridgehead atoms. The molecule has 0 saturated heterocycles. The molecule has 0 spiro atoms. The van der Waals surface area contributed by atoms with Crippen molar-refractivity contribution in [3.05, 3.63) is 33.1 Å². The SMILES string of the molecule is Cc1ncsc1CN(C)S(=O)(=O)c1ccc(C(N)=S)s1. The van der Waals surface area contributed by atoms with E-state index >= 15 is 0 Å². The molecule has 2 aromatic heterocycles. The Morgan fingerprint density at radius 2 is 2.20 bits per heavy atom. The fourth-order valence-corrected chi connectivity index (χ4v) is 5.12. The van der Waals surface area contributed by atoms with E-state index in [1.54, 1.807) is 18.6 Å². The Balaban J connectivity index is 2.25. The minimum atomic E-state index is -3.53. The van der Waals surface area contributed by atoms with Crippen molar-refractivity contribution in [2.45, 2.75) is 17.7 Å². The van der Waals surface area contributed by atoms with E-state index in [-0.39, 0.29) is 9.20 Å². The van der Waals surface area contributed by atoms with E-state index in [0.717, 1.165) is 21.9 Å². The third-order valence-electron chi connectivity index (χ3n) is 2.70. The Morgan fingerprint density at radius 1 is 1.50 bits per heavy atom. The quantitative estimate of drug-likeness (QED) is 0.837. The first-order valence-electron chi connectivity index (χ1n) is 5.57. The number of hydrogen-bond donors (Lipinski definition) is 1. The Hall–Kier alpha value is -0.870. The number of aromatic nitrogens is 1. The average Bonchev–Trinajstić information content (AvgIpc) is 2.99. The molecule has 5 nitrogen and oxygen atoms in total. The number of thiocarbonyl (C=S) groups is 1. The molecular weight excluding hydrogens is 334 g/mol. The molecule has 9 heteroatoms. The van der Waals surface area contributed by atoms with E-state index in [4.69, 9.17) is 18.0 Å². The van der Waals surface area contributed by atoms with Gasteiger partial charge in [-0.2, -0.15) is 4.31 Å². The van der Waals surface area contributed by atoms with Crippen molar-refractivity contribution >= 4 is 49.9 Å². The molecule has 0 saturated carbocycles. The lowest BCUT2D eigenvalue weighted by molar-refractivity contribution is 0.470. The van der Waals surface area contributed by atoms with Crippen molar-refractivity contribution in [1.82, 2.24) is 9.29 Å². The molecule has 2 heterocycles. The number of aryl methyl sites for hydroxylation is 1. The highest BCUT2D eigenvalue weighted by molar-refractivity contribution is 7.91. The summed E-state index contributed by atoms with van der Waals surface area (Å²) in [5.74, 6) is 0. The van der Waals surface area contributed by atoms with Gasteiger partial charge in [0.15, 0.2) is 0 Å². The number of nitrogens with two attached hydrogens (primary N) is 1. The van der Waals surface area contributed by atoms with Crippen LogP contribution < -0.4 is 5.73 Å². The van der Waals surface area contributed by atoms with Gasteiger partial charge in [-0.1, -0.05) is 12.2 Å². The summed E-state index contributed by atoms with van der Waals surface area (Å²) < 4.78 is 26.4. The normalized spacial score (nSPS) is 11.9. The highest BCUT2D eigenvalue weighted by Gasteiger charge is 2.24. The Bertz CT molecular complexity index is 732. The molecule has 0 fully saturated rings. The van der Waals surface area contributed by atoms with E-state index in [2.05, 4.69) is 4.98 Å². The van der Waals surface area contributed by atoms with Gasteiger partial charge in [-0.3, -0.25) is 0 Å². The van der Waals surface area contributed by atoms with Crippen LogP contribution in [-0.4, -0.2) is 29.7 Å². The van der Waals surface area contributed by atoms with Gasteiger partial charge < -0.3 is 5.73 Å². The molecule has 0 aliphatic heterocycles. The van der Waals surface area contributed by atoms with Gasteiger partial charge in [0.1, 0.15) is 9.20 Å². The lowest BCUT2D eigenvalue weighted by Crippen LogP contribution is -2.25. The van der Waals surface area contributed by atoms with E-state index in [0.29, 0.717) is 11.4 Å². The molecule has 2 N–H and O–H groups in total. The first-order chi connectivity index (χ1) is 9.32. The third kappa shape index (κ3) is 3.07. The van der Waals surface area contributed by atoms with Crippen molar-refractivity contribution in [3.63, 3.8) is 0 Å². The van der Waals surface area contributed by atoms with Crippen LogP contribution in [0.3, 0.4) is 0 Å². The second kappa shape index (κ2) is 5.86. The van der Waals surface area contributed by atoms with Gasteiger partial charge in [0, 0.05) is 18.5 Å². The summed E-state index contributed by atoms with van der Waals surface area (Å²) in [6.07, 6.45) is 0. The number of hydrogen-bond acceptors (Lipinski definition) is 6.